The van der Waals surface area contributed by atoms with Gasteiger partial charge in [0.1, 0.15) is 0 Å². The number of carbonyl (C=O) groups excluding carboxylic acids is 1. The fourth-order valence-electron chi connectivity index (χ4n) is 2.57. The van der Waals surface area contributed by atoms with E-state index in [1.807, 2.05) is 0 Å². The van der Waals surface area contributed by atoms with Crippen LogP contribution in [-0.4, -0.2) is 13.0 Å². The Morgan fingerprint density at radius 1 is 0.862 bits per heavy atom. The van der Waals surface area contributed by atoms with E-state index in [4.69, 9.17) is 0 Å². The largest absolute Gasteiger partial charge is 0.416 e. The Morgan fingerprint density at radius 3 is 1.48 bits per heavy atom. The lowest BCUT2D eigenvalue weighted by molar-refractivity contribution is -0.143. The second-order valence-electron chi connectivity index (χ2n) is 8.02. The third-order valence-corrected chi connectivity index (χ3v) is 4.91. The molecule has 2 atom stereocenters. The molecule has 165 valence electrons. The zero-order valence-corrected chi connectivity index (χ0v) is 18.0. The molecular formula is C21H30BF6O. The van der Waals surface area contributed by atoms with Crippen molar-refractivity contribution in [2.45, 2.75) is 73.1 Å². The summed E-state index contributed by atoms with van der Waals surface area (Å²) in [6, 6.07) is 1.41. The maximum Gasteiger partial charge on any atom is 0.416 e. The molecule has 1 aromatic carbocycles. The van der Waals surface area contributed by atoms with E-state index in [0.717, 1.165) is 19.1 Å². The quantitative estimate of drug-likeness (QED) is 0.345. The third kappa shape index (κ3) is 9.72. The van der Waals surface area contributed by atoms with Gasteiger partial charge in [-0.15, -0.1) is 0 Å². The predicted molar refractivity (Wildman–Crippen MR) is 105 cm³/mol. The molecule has 0 N–H and O–H groups in total. The summed E-state index contributed by atoms with van der Waals surface area (Å²) in [6.07, 6.45) is -8.47. The summed E-state index contributed by atoms with van der Waals surface area (Å²) >= 11 is 0. The first-order chi connectivity index (χ1) is 13.0. The van der Waals surface area contributed by atoms with E-state index in [-0.39, 0.29) is 17.5 Å². The number of alkyl halides is 6. The molecule has 1 unspecified atom stereocenters. The van der Waals surface area contributed by atoms with Crippen LogP contribution in [0.3, 0.4) is 0 Å². The number of carbonyl (C=O) groups is 1. The summed E-state index contributed by atoms with van der Waals surface area (Å²) in [6.45, 7) is 13.5. The lowest BCUT2D eigenvalue weighted by Gasteiger charge is -2.22. The van der Waals surface area contributed by atoms with Gasteiger partial charge in [0, 0.05) is 0 Å². The fourth-order valence-corrected chi connectivity index (χ4v) is 2.57. The lowest BCUT2D eigenvalue weighted by Crippen LogP contribution is -2.22. The van der Waals surface area contributed by atoms with E-state index in [2.05, 4.69) is 27.7 Å². The number of hydrogen-bond acceptors (Lipinski definition) is 1. The summed E-state index contributed by atoms with van der Waals surface area (Å²) in [4.78, 5) is 11.2. The summed E-state index contributed by atoms with van der Waals surface area (Å²) in [5.41, 5.74) is -3.34. The van der Waals surface area contributed by atoms with Crippen LogP contribution in [0, 0.1) is 17.8 Å². The van der Waals surface area contributed by atoms with Crippen molar-refractivity contribution in [3.63, 3.8) is 0 Å². The summed E-state index contributed by atoms with van der Waals surface area (Å²) < 4.78 is 76.9. The van der Waals surface area contributed by atoms with Gasteiger partial charge in [0.05, 0.1) is 16.8 Å². The average Bonchev–Trinajstić information content (AvgIpc) is 2.57. The molecular weight excluding hydrogens is 393 g/mol. The van der Waals surface area contributed by atoms with E-state index in [1.165, 1.54) is 13.3 Å². The van der Waals surface area contributed by atoms with Crippen molar-refractivity contribution in [1.29, 1.82) is 0 Å². The molecule has 0 saturated carbocycles. The van der Waals surface area contributed by atoms with Gasteiger partial charge in [-0.3, -0.25) is 0 Å². The van der Waals surface area contributed by atoms with Gasteiger partial charge in [-0.1, -0.05) is 53.5 Å². The summed E-state index contributed by atoms with van der Waals surface area (Å²) in [5, 5.41) is 0. The molecule has 1 rings (SSSR count). The van der Waals surface area contributed by atoms with Gasteiger partial charge in [0.15, 0.2) is 0 Å². The van der Waals surface area contributed by atoms with Crippen molar-refractivity contribution >= 4 is 13.0 Å². The molecule has 0 bridgehead atoms. The topological polar surface area (TPSA) is 17.1 Å². The molecule has 1 aromatic rings. The standard InChI is InChI=1S/C14H14BF6O.C7H16/c1-7(2)12(15-8(3)22)9-4-10(13(16,17)18)6-11(5-9)14(19,20)21;1-5-7(4)6(2)3/h4-7,12H,1-3H3;6-7H,5H2,1-4H3/t12-;/m1./s1. The highest BCUT2D eigenvalue weighted by Crippen LogP contribution is 2.38. The molecule has 0 aromatic heterocycles. The second kappa shape index (κ2) is 11.1. The molecule has 0 heterocycles. The first-order valence-corrected chi connectivity index (χ1v) is 9.65. The van der Waals surface area contributed by atoms with Gasteiger partial charge >= 0.3 is 12.4 Å². The highest BCUT2D eigenvalue weighted by molar-refractivity contribution is 6.74. The van der Waals surface area contributed by atoms with Crippen molar-refractivity contribution in [1.82, 2.24) is 0 Å². The van der Waals surface area contributed by atoms with Crippen LogP contribution < -0.4 is 0 Å². The van der Waals surface area contributed by atoms with Crippen LogP contribution >= 0.6 is 0 Å². The number of rotatable bonds is 6. The van der Waals surface area contributed by atoms with Crippen LogP contribution in [0.5, 0.6) is 0 Å². The zero-order chi connectivity index (χ0) is 23.2. The Morgan fingerprint density at radius 2 is 1.28 bits per heavy atom. The molecule has 0 aliphatic heterocycles. The van der Waals surface area contributed by atoms with E-state index in [1.54, 1.807) is 13.8 Å². The van der Waals surface area contributed by atoms with Gasteiger partial charge in [0.25, 0.3) is 0 Å². The van der Waals surface area contributed by atoms with E-state index >= 15 is 0 Å². The minimum Gasteiger partial charge on any atom is -0.312 e. The van der Waals surface area contributed by atoms with Crippen molar-refractivity contribution in [3.05, 3.63) is 34.9 Å². The Bertz CT molecular complexity index is 617. The SMILES string of the molecule is CC(=O)[B][C@@H](c1cc(C(F)(F)F)cc(C(F)(F)F)c1)C(C)C.CCC(C)C(C)C. The molecule has 0 saturated heterocycles. The van der Waals surface area contributed by atoms with Crippen molar-refractivity contribution < 1.29 is 31.1 Å². The number of benzene rings is 1. The van der Waals surface area contributed by atoms with E-state index < -0.39 is 35.0 Å². The zero-order valence-electron chi connectivity index (χ0n) is 18.0. The maximum absolute atomic E-state index is 12.8. The molecule has 0 aliphatic carbocycles. The number of hydrogen-bond donors (Lipinski definition) is 0. The molecule has 1 radical (unpaired) electrons. The minimum atomic E-state index is -4.90. The van der Waals surface area contributed by atoms with Gasteiger partial charge < -0.3 is 4.79 Å². The second-order valence-corrected chi connectivity index (χ2v) is 8.02. The Hall–Kier alpha value is -1.47. The molecule has 1 nitrogen and oxygen atoms in total. The van der Waals surface area contributed by atoms with Crippen LogP contribution in [0.15, 0.2) is 18.2 Å². The predicted octanol–water partition coefficient (Wildman–Crippen LogP) is 7.36. The first kappa shape index (κ1) is 27.5. The maximum atomic E-state index is 12.8. The highest BCUT2D eigenvalue weighted by Gasteiger charge is 2.38. The monoisotopic (exact) mass is 423 g/mol. The van der Waals surface area contributed by atoms with Crippen LogP contribution in [-0.2, 0) is 17.1 Å². The average molecular weight is 423 g/mol. The van der Waals surface area contributed by atoms with Gasteiger partial charge in [-0.2, -0.15) is 26.3 Å². The normalized spacial score (nSPS) is 14.3. The molecule has 0 fully saturated rings. The first-order valence-electron chi connectivity index (χ1n) is 9.65. The lowest BCUT2D eigenvalue weighted by atomic mass is 9.55. The highest BCUT2D eigenvalue weighted by atomic mass is 19.4. The Balaban J connectivity index is 0.000000956. The Kier molecular flexibility index (Phi) is 10.5. The molecule has 29 heavy (non-hydrogen) atoms. The fraction of sp³-hybridized carbons (Fsp3) is 0.667. The van der Waals surface area contributed by atoms with Crippen molar-refractivity contribution in [3.8, 4) is 0 Å². The molecule has 8 heteroatoms. The van der Waals surface area contributed by atoms with E-state index in [9.17, 15) is 31.1 Å². The number of halogens is 6. The molecule has 0 amide bonds. The van der Waals surface area contributed by atoms with Crippen molar-refractivity contribution in [2.24, 2.45) is 17.8 Å². The van der Waals surface area contributed by atoms with Crippen LogP contribution in [0.25, 0.3) is 0 Å². The summed E-state index contributed by atoms with van der Waals surface area (Å²) in [7, 11) is 1.14. The third-order valence-electron chi connectivity index (χ3n) is 4.91. The van der Waals surface area contributed by atoms with Gasteiger partial charge in [-0.25, -0.2) is 0 Å². The van der Waals surface area contributed by atoms with Gasteiger partial charge in [0.2, 0.25) is 7.28 Å². The Labute approximate surface area is 170 Å². The smallest absolute Gasteiger partial charge is 0.312 e. The van der Waals surface area contributed by atoms with Crippen LogP contribution in [0.2, 0.25) is 0 Å². The van der Waals surface area contributed by atoms with E-state index in [0.29, 0.717) is 12.1 Å². The van der Waals surface area contributed by atoms with Crippen molar-refractivity contribution in [2.75, 3.05) is 0 Å². The van der Waals surface area contributed by atoms with Gasteiger partial charge in [-0.05, 0) is 48.7 Å². The van der Waals surface area contributed by atoms with Crippen LogP contribution in [0.4, 0.5) is 26.3 Å². The minimum absolute atomic E-state index is 0.0780. The molecule has 0 spiro atoms. The van der Waals surface area contributed by atoms with Crippen LogP contribution in [0.1, 0.15) is 77.4 Å². The summed E-state index contributed by atoms with van der Waals surface area (Å²) in [5.74, 6) is 0.624. The molecule has 0 aliphatic rings.